The Bertz CT molecular complexity index is 1240. The summed E-state index contributed by atoms with van der Waals surface area (Å²) in [4.78, 5) is 27.4. The van der Waals surface area contributed by atoms with Crippen LogP contribution in [0.1, 0.15) is 32.9 Å². The molecule has 0 aliphatic carbocycles. The molecule has 0 unspecified atom stereocenters. The zero-order chi connectivity index (χ0) is 20.5. The number of fused-ring (bicyclic) bond motifs is 2. The van der Waals surface area contributed by atoms with Crippen LogP contribution >= 0.6 is 0 Å². The van der Waals surface area contributed by atoms with Crippen molar-refractivity contribution < 1.29 is 14.0 Å². The van der Waals surface area contributed by atoms with Gasteiger partial charge in [0.25, 0.3) is 11.8 Å². The second-order valence-electron chi connectivity index (χ2n) is 7.40. The number of furan rings is 1. The highest BCUT2D eigenvalue weighted by Crippen LogP contribution is 2.31. The van der Waals surface area contributed by atoms with Gasteiger partial charge in [-0.1, -0.05) is 36.4 Å². The molecule has 5 rings (SSSR count). The topological polar surface area (TPSA) is 62.6 Å². The van der Waals surface area contributed by atoms with E-state index in [1.165, 1.54) is 6.26 Å². The Morgan fingerprint density at radius 3 is 2.60 bits per heavy atom. The number of hydrogen-bond acceptors (Lipinski definition) is 3. The number of benzene rings is 3. The monoisotopic (exact) mass is 396 g/mol. The summed E-state index contributed by atoms with van der Waals surface area (Å²) in [5, 5.41) is 5.08. The summed E-state index contributed by atoms with van der Waals surface area (Å²) in [7, 11) is 0. The normalized spacial score (nSPS) is 13.1. The number of carbonyl (C=O) groups excluding carboxylic acids is 2. The lowest BCUT2D eigenvalue weighted by atomic mass is 10.0. The Morgan fingerprint density at radius 2 is 1.77 bits per heavy atom. The van der Waals surface area contributed by atoms with Crippen molar-refractivity contribution in [2.45, 2.75) is 12.8 Å². The standard InChI is InChI=1S/C25H20N2O3/c28-24(20-10-9-17-5-1-2-6-19(17)15-20)26-21-12-11-18-7-3-13-27(22(18)16-21)25(29)23-8-4-14-30-23/h1-2,4-6,8-12,14-16H,3,7,13H2,(H,26,28). The van der Waals surface area contributed by atoms with Gasteiger partial charge in [-0.25, -0.2) is 0 Å². The van der Waals surface area contributed by atoms with Crippen LogP contribution in [0.15, 0.2) is 83.5 Å². The first-order chi connectivity index (χ1) is 14.7. The molecule has 5 nitrogen and oxygen atoms in total. The lowest BCUT2D eigenvalue weighted by Crippen LogP contribution is -2.35. The molecule has 0 saturated carbocycles. The number of anilines is 2. The van der Waals surface area contributed by atoms with E-state index in [1.54, 1.807) is 17.0 Å². The van der Waals surface area contributed by atoms with E-state index in [-0.39, 0.29) is 11.8 Å². The van der Waals surface area contributed by atoms with Crippen LogP contribution < -0.4 is 10.2 Å². The summed E-state index contributed by atoms with van der Waals surface area (Å²) in [6.45, 7) is 0.620. The number of nitrogens with zero attached hydrogens (tertiary/aromatic N) is 1. The number of hydrogen-bond donors (Lipinski definition) is 1. The van der Waals surface area contributed by atoms with Crippen molar-refractivity contribution in [1.29, 1.82) is 0 Å². The van der Waals surface area contributed by atoms with Crippen LogP contribution in [-0.4, -0.2) is 18.4 Å². The average molecular weight is 396 g/mol. The number of carbonyl (C=O) groups is 2. The predicted octanol–water partition coefficient (Wildman–Crippen LogP) is 5.28. The zero-order valence-corrected chi connectivity index (χ0v) is 16.3. The number of amides is 2. The minimum absolute atomic E-state index is 0.168. The lowest BCUT2D eigenvalue weighted by molar-refractivity contribution is 0.0958. The summed E-state index contributed by atoms with van der Waals surface area (Å²) in [5.74, 6) is -0.0344. The summed E-state index contributed by atoms with van der Waals surface area (Å²) in [6, 6.07) is 22.7. The molecule has 0 fully saturated rings. The Hall–Kier alpha value is -3.86. The second-order valence-corrected chi connectivity index (χ2v) is 7.40. The molecule has 0 spiro atoms. The van der Waals surface area contributed by atoms with Gasteiger partial charge in [-0.05, 0) is 65.6 Å². The van der Waals surface area contributed by atoms with E-state index >= 15 is 0 Å². The Morgan fingerprint density at radius 1 is 0.900 bits per heavy atom. The molecule has 1 N–H and O–H groups in total. The summed E-state index contributed by atoms with van der Waals surface area (Å²) in [6.07, 6.45) is 3.29. The minimum atomic E-state index is -0.180. The van der Waals surface area contributed by atoms with Gasteiger partial charge in [0.1, 0.15) is 0 Å². The SMILES string of the molecule is O=C(Nc1ccc2c(c1)N(C(=O)c1ccco1)CCC2)c1ccc2ccccc2c1. The highest BCUT2D eigenvalue weighted by molar-refractivity contribution is 6.08. The number of nitrogens with one attached hydrogen (secondary N) is 1. The fourth-order valence-electron chi connectivity index (χ4n) is 3.93. The minimum Gasteiger partial charge on any atom is -0.459 e. The second kappa shape index (κ2) is 7.52. The Balaban J connectivity index is 1.42. The third-order valence-corrected chi connectivity index (χ3v) is 5.45. The smallest absolute Gasteiger partial charge is 0.293 e. The van der Waals surface area contributed by atoms with E-state index in [9.17, 15) is 9.59 Å². The predicted molar refractivity (Wildman–Crippen MR) is 117 cm³/mol. The highest BCUT2D eigenvalue weighted by atomic mass is 16.3. The molecule has 0 atom stereocenters. The largest absolute Gasteiger partial charge is 0.459 e. The van der Waals surface area contributed by atoms with Crippen molar-refractivity contribution in [2.75, 3.05) is 16.8 Å². The quantitative estimate of drug-likeness (QED) is 0.513. The highest BCUT2D eigenvalue weighted by Gasteiger charge is 2.25. The molecule has 5 heteroatoms. The molecule has 0 bridgehead atoms. The van der Waals surface area contributed by atoms with Crippen molar-refractivity contribution in [2.24, 2.45) is 0 Å². The van der Waals surface area contributed by atoms with E-state index in [0.717, 1.165) is 34.9 Å². The van der Waals surface area contributed by atoms with E-state index in [4.69, 9.17) is 4.42 Å². The van der Waals surface area contributed by atoms with Crippen LogP contribution in [0.2, 0.25) is 0 Å². The Labute approximate surface area is 173 Å². The van der Waals surface area contributed by atoms with Gasteiger partial charge in [0.2, 0.25) is 0 Å². The van der Waals surface area contributed by atoms with Gasteiger partial charge in [0, 0.05) is 23.5 Å². The molecule has 1 aliphatic heterocycles. The maximum atomic E-state index is 12.8. The molecule has 1 aromatic heterocycles. The van der Waals surface area contributed by atoms with Crippen molar-refractivity contribution in [3.05, 3.63) is 95.9 Å². The van der Waals surface area contributed by atoms with Gasteiger partial charge in [0.05, 0.1) is 6.26 Å². The van der Waals surface area contributed by atoms with Crippen LogP contribution in [0.25, 0.3) is 10.8 Å². The van der Waals surface area contributed by atoms with Gasteiger partial charge < -0.3 is 14.6 Å². The van der Waals surface area contributed by atoms with E-state index in [0.29, 0.717) is 23.6 Å². The summed E-state index contributed by atoms with van der Waals surface area (Å²) >= 11 is 0. The Kier molecular flexibility index (Phi) is 4.56. The van der Waals surface area contributed by atoms with Gasteiger partial charge >= 0.3 is 0 Å². The molecule has 0 saturated heterocycles. The number of rotatable bonds is 3. The first kappa shape index (κ1) is 18.2. The van der Waals surface area contributed by atoms with Crippen LogP contribution in [0.3, 0.4) is 0 Å². The molecule has 30 heavy (non-hydrogen) atoms. The van der Waals surface area contributed by atoms with Gasteiger partial charge in [0.15, 0.2) is 5.76 Å². The van der Waals surface area contributed by atoms with Crippen molar-refractivity contribution in [1.82, 2.24) is 0 Å². The molecule has 1 aliphatic rings. The maximum Gasteiger partial charge on any atom is 0.293 e. The van der Waals surface area contributed by atoms with Crippen molar-refractivity contribution in [3.8, 4) is 0 Å². The molecule has 148 valence electrons. The molecule has 3 aromatic carbocycles. The van der Waals surface area contributed by atoms with Crippen LogP contribution in [-0.2, 0) is 6.42 Å². The molecule has 2 amide bonds. The third kappa shape index (κ3) is 3.35. The van der Waals surface area contributed by atoms with Crippen LogP contribution in [0, 0.1) is 0 Å². The van der Waals surface area contributed by atoms with E-state index < -0.39 is 0 Å². The van der Waals surface area contributed by atoms with Crippen molar-refractivity contribution >= 4 is 34.0 Å². The van der Waals surface area contributed by atoms with Gasteiger partial charge in [-0.2, -0.15) is 0 Å². The fraction of sp³-hybridized carbons (Fsp3) is 0.120. The number of aryl methyl sites for hydroxylation is 1. The first-order valence-corrected chi connectivity index (χ1v) is 9.97. The summed E-state index contributed by atoms with van der Waals surface area (Å²) in [5.41, 5.74) is 3.16. The van der Waals surface area contributed by atoms with E-state index in [2.05, 4.69) is 5.32 Å². The first-order valence-electron chi connectivity index (χ1n) is 9.97. The maximum absolute atomic E-state index is 12.8. The van der Waals surface area contributed by atoms with Gasteiger partial charge in [-0.15, -0.1) is 0 Å². The molecule has 4 aromatic rings. The van der Waals surface area contributed by atoms with Crippen molar-refractivity contribution in [3.63, 3.8) is 0 Å². The zero-order valence-electron chi connectivity index (χ0n) is 16.3. The lowest BCUT2D eigenvalue weighted by Gasteiger charge is -2.29. The average Bonchev–Trinajstić information content (AvgIpc) is 3.33. The van der Waals surface area contributed by atoms with Crippen LogP contribution in [0.4, 0.5) is 11.4 Å². The fourth-order valence-corrected chi connectivity index (χ4v) is 3.93. The summed E-state index contributed by atoms with van der Waals surface area (Å²) < 4.78 is 5.29. The molecule has 0 radical (unpaired) electrons. The van der Waals surface area contributed by atoms with Crippen LogP contribution in [0.5, 0.6) is 0 Å². The molecule has 2 heterocycles. The molecular weight excluding hydrogens is 376 g/mol. The molecular formula is C25H20N2O3. The third-order valence-electron chi connectivity index (χ3n) is 5.45. The van der Waals surface area contributed by atoms with E-state index in [1.807, 2.05) is 60.7 Å². The van der Waals surface area contributed by atoms with Gasteiger partial charge in [-0.3, -0.25) is 9.59 Å².